The van der Waals surface area contributed by atoms with Crippen LogP contribution < -0.4 is 5.32 Å². The molecule has 0 radical (unpaired) electrons. The lowest BCUT2D eigenvalue weighted by Gasteiger charge is -2.04. The minimum absolute atomic E-state index is 0.123. The number of hydrogen-bond donors (Lipinski definition) is 2. The summed E-state index contributed by atoms with van der Waals surface area (Å²) in [6.07, 6.45) is 0. The van der Waals surface area contributed by atoms with E-state index in [0.717, 1.165) is 21.8 Å². The first-order valence-electron chi connectivity index (χ1n) is 9.51. The Kier molecular flexibility index (Phi) is 6.11. The van der Waals surface area contributed by atoms with Crippen molar-refractivity contribution in [2.45, 2.75) is 6.92 Å². The van der Waals surface area contributed by atoms with Crippen molar-refractivity contribution in [1.82, 2.24) is 4.98 Å². The van der Waals surface area contributed by atoms with Crippen LogP contribution in [0.5, 0.6) is 5.75 Å². The van der Waals surface area contributed by atoms with Crippen molar-refractivity contribution in [3.63, 3.8) is 0 Å². The van der Waals surface area contributed by atoms with E-state index in [-0.39, 0.29) is 33.5 Å². The van der Waals surface area contributed by atoms with Gasteiger partial charge in [-0.25, -0.2) is 9.78 Å². The topological polar surface area (TPSA) is 88.5 Å². The molecule has 0 bridgehead atoms. The van der Waals surface area contributed by atoms with Gasteiger partial charge >= 0.3 is 5.97 Å². The maximum Gasteiger partial charge on any atom is 0.350 e. The van der Waals surface area contributed by atoms with Crippen LogP contribution in [0.2, 0.25) is 0 Å². The molecule has 31 heavy (non-hydrogen) atoms. The third-order valence-corrected chi connectivity index (χ3v) is 7.05. The van der Waals surface area contributed by atoms with Gasteiger partial charge in [-0.3, -0.25) is 10.1 Å². The van der Waals surface area contributed by atoms with Gasteiger partial charge < -0.3 is 9.84 Å². The highest BCUT2D eigenvalue weighted by molar-refractivity contribution is 7.36. The van der Waals surface area contributed by atoms with Gasteiger partial charge in [0.2, 0.25) is 0 Å². The average molecular weight is 452 g/mol. The Morgan fingerprint density at radius 2 is 1.84 bits per heavy atom. The summed E-state index contributed by atoms with van der Waals surface area (Å²) in [7, 11) is -0.232. The van der Waals surface area contributed by atoms with E-state index in [1.54, 1.807) is 19.1 Å². The third kappa shape index (κ3) is 4.50. The first-order chi connectivity index (χ1) is 15.1. The molecule has 156 valence electrons. The van der Waals surface area contributed by atoms with Crippen LogP contribution in [0.1, 0.15) is 27.0 Å². The van der Waals surface area contributed by atoms with Crippen LogP contribution in [-0.2, 0) is 4.74 Å². The van der Waals surface area contributed by atoms with E-state index < -0.39 is 11.9 Å². The highest BCUT2D eigenvalue weighted by Crippen LogP contribution is 2.35. The van der Waals surface area contributed by atoms with Crippen molar-refractivity contribution < 1.29 is 19.4 Å². The van der Waals surface area contributed by atoms with Crippen molar-refractivity contribution in [2.24, 2.45) is 0 Å². The number of aromatic hydroxyl groups is 1. The summed E-state index contributed by atoms with van der Waals surface area (Å²) in [6, 6.07) is 18.1. The lowest BCUT2D eigenvalue weighted by Crippen LogP contribution is -2.12. The molecule has 0 atom stereocenters. The monoisotopic (exact) mass is 451 g/mol. The number of esters is 1. The van der Waals surface area contributed by atoms with Crippen LogP contribution in [0.25, 0.3) is 16.2 Å². The summed E-state index contributed by atoms with van der Waals surface area (Å²) in [5, 5.41) is 17.3. The number of rotatable bonds is 6. The number of hydrogen-bond acceptors (Lipinski definition) is 6. The minimum atomic E-state index is -0.501. The van der Waals surface area contributed by atoms with Crippen molar-refractivity contribution in [1.29, 1.82) is 0 Å². The second-order valence-electron chi connectivity index (χ2n) is 6.45. The number of thiazole rings is 1. The highest BCUT2D eigenvalue weighted by atomic mass is 32.2. The predicted octanol–water partition coefficient (Wildman–Crippen LogP) is 5.68. The number of nitrogens with one attached hydrogen (secondary N) is 1. The predicted molar refractivity (Wildman–Crippen MR) is 123 cm³/mol. The van der Waals surface area contributed by atoms with Gasteiger partial charge in [-0.2, -0.15) is 0 Å². The molecule has 8 heteroatoms. The second kappa shape index (κ2) is 9.11. The van der Waals surface area contributed by atoms with Crippen molar-refractivity contribution in [3.8, 4) is 21.9 Å². The Morgan fingerprint density at radius 1 is 1.10 bits per heavy atom. The number of aromatic nitrogens is 1. The number of ether oxygens (including phenoxy) is 1. The first kappa shape index (κ1) is 20.8. The summed E-state index contributed by atoms with van der Waals surface area (Å²) in [5.41, 5.74) is 1.33. The summed E-state index contributed by atoms with van der Waals surface area (Å²) in [4.78, 5) is 31.0. The highest BCUT2D eigenvalue weighted by Gasteiger charge is 2.23. The molecule has 2 aromatic carbocycles. The molecule has 0 saturated carbocycles. The van der Waals surface area contributed by atoms with Gasteiger partial charge in [0.1, 0.15) is 21.4 Å². The normalized spacial score (nSPS) is 10.6. The van der Waals surface area contributed by atoms with Crippen molar-refractivity contribution in [3.05, 3.63) is 81.9 Å². The molecule has 0 unspecified atom stereocenters. The van der Waals surface area contributed by atoms with Crippen LogP contribution in [0.3, 0.4) is 0 Å². The van der Waals surface area contributed by atoms with Gasteiger partial charge in [0.15, 0.2) is 10.0 Å². The molecule has 2 N–H and O–H groups in total. The molecule has 0 fully saturated rings. The smallest absolute Gasteiger partial charge is 0.350 e. The standard InChI is InChI=1S/C23H18N2O4S2/c1-2-29-22(28)20-19(15-8-4-3-5-9-15)24-23(30-20)25-21(27)17-14-16(10-11-18(17)26)31-12-6-7-13-31/h3-14H,2H2,1H3,(H-,24,25,26,27,28)/p+1. The van der Waals surface area contributed by atoms with Crippen LogP contribution >= 0.6 is 21.8 Å². The summed E-state index contributed by atoms with van der Waals surface area (Å²) < 4.78 is 5.15. The second-order valence-corrected chi connectivity index (χ2v) is 9.20. The van der Waals surface area contributed by atoms with E-state index in [9.17, 15) is 14.7 Å². The Bertz CT molecular complexity index is 1220. The van der Waals surface area contributed by atoms with E-state index in [2.05, 4.69) is 10.3 Å². The number of amides is 1. The largest absolute Gasteiger partial charge is 0.507 e. The third-order valence-electron chi connectivity index (χ3n) is 4.40. The minimum Gasteiger partial charge on any atom is -0.507 e. The van der Waals surface area contributed by atoms with E-state index in [1.807, 2.05) is 53.2 Å². The molecule has 4 rings (SSSR count). The molecule has 6 nitrogen and oxygen atoms in total. The quantitative estimate of drug-likeness (QED) is 0.291. The van der Waals surface area contributed by atoms with E-state index >= 15 is 0 Å². The zero-order valence-corrected chi connectivity index (χ0v) is 18.2. The lowest BCUT2D eigenvalue weighted by molar-refractivity contribution is 0.0532. The summed E-state index contributed by atoms with van der Waals surface area (Å²) in [5.74, 6) is -1.12. The lowest BCUT2D eigenvalue weighted by atomic mass is 10.1. The summed E-state index contributed by atoms with van der Waals surface area (Å²) in [6.45, 7) is 1.97. The van der Waals surface area contributed by atoms with Gasteiger partial charge in [-0.15, -0.1) is 0 Å². The Hall–Kier alpha value is -3.49. The molecule has 0 aliphatic rings. The van der Waals surface area contributed by atoms with Gasteiger partial charge in [-0.1, -0.05) is 41.7 Å². The first-order valence-corrected chi connectivity index (χ1v) is 11.7. The molecule has 4 aromatic rings. The van der Waals surface area contributed by atoms with E-state index in [1.165, 1.54) is 6.07 Å². The van der Waals surface area contributed by atoms with E-state index in [4.69, 9.17) is 4.74 Å². The number of nitrogens with zero attached hydrogens (tertiary/aromatic N) is 1. The van der Waals surface area contributed by atoms with Crippen molar-refractivity contribution in [2.75, 3.05) is 11.9 Å². The fourth-order valence-electron chi connectivity index (χ4n) is 2.97. The maximum atomic E-state index is 12.9. The number of thiophene rings is 1. The number of phenolic OH excluding ortho intramolecular Hbond substituents is 1. The fourth-order valence-corrected chi connectivity index (χ4v) is 5.25. The average Bonchev–Trinajstić information content (AvgIpc) is 3.45. The zero-order chi connectivity index (χ0) is 21.8. The van der Waals surface area contributed by atoms with Crippen LogP contribution in [0.15, 0.2) is 71.4 Å². The van der Waals surface area contributed by atoms with Crippen LogP contribution in [0, 0.1) is 0 Å². The number of carbonyl (C=O) groups is 2. The molecule has 0 aliphatic heterocycles. The van der Waals surface area contributed by atoms with Crippen LogP contribution in [0.4, 0.5) is 5.13 Å². The molecule has 0 aliphatic carbocycles. The number of phenols is 1. The van der Waals surface area contributed by atoms with Gasteiger partial charge in [0.25, 0.3) is 5.91 Å². The zero-order valence-electron chi connectivity index (χ0n) is 16.6. The Balaban J connectivity index is 1.66. The van der Waals surface area contributed by atoms with Crippen LogP contribution in [-0.4, -0.2) is 28.6 Å². The molecule has 2 aromatic heterocycles. The molecule has 1 amide bonds. The Morgan fingerprint density at radius 3 is 2.55 bits per heavy atom. The Labute approximate surface area is 185 Å². The van der Waals surface area contributed by atoms with Gasteiger partial charge in [-0.05, 0) is 25.1 Å². The molecular weight excluding hydrogens is 432 g/mol. The molecular formula is C23H19N2O4S2+. The van der Waals surface area contributed by atoms with Gasteiger partial charge in [0, 0.05) is 28.2 Å². The SMILES string of the molecule is CCOC(=O)c1sc(NC(=O)c2cc(-[s+]3cccc3)ccc2O)nc1-c1ccccc1. The fraction of sp³-hybridized carbons (Fsp3) is 0.0870. The molecule has 0 spiro atoms. The van der Waals surface area contributed by atoms with E-state index in [0.29, 0.717) is 10.6 Å². The summed E-state index contributed by atoms with van der Waals surface area (Å²) >= 11 is 1.04. The van der Waals surface area contributed by atoms with Crippen molar-refractivity contribution >= 4 is 38.8 Å². The number of benzene rings is 2. The number of anilines is 1. The maximum absolute atomic E-state index is 12.9. The van der Waals surface area contributed by atoms with Gasteiger partial charge in [0.05, 0.1) is 17.9 Å². The number of carbonyl (C=O) groups excluding carboxylic acids is 2. The molecule has 2 heterocycles. The molecule has 0 saturated heterocycles.